The highest BCUT2D eigenvalue weighted by Crippen LogP contribution is 2.53. The third kappa shape index (κ3) is 8.94. The molecule has 1 saturated heterocycles. The lowest BCUT2D eigenvalue weighted by Crippen LogP contribution is -2.28. The fourth-order valence-electron chi connectivity index (χ4n) is 8.00. The van der Waals surface area contributed by atoms with E-state index in [4.69, 9.17) is 39.9 Å². The van der Waals surface area contributed by atoms with Crippen LogP contribution in [0.15, 0.2) is 48.5 Å². The molecule has 0 aromatic heterocycles. The van der Waals surface area contributed by atoms with E-state index in [0.717, 1.165) is 68.8 Å². The predicted octanol–water partition coefficient (Wildman–Crippen LogP) is 8.14. The molecule has 0 bridgehead atoms. The molecule has 4 aromatic rings. The second kappa shape index (κ2) is 20.0. The van der Waals surface area contributed by atoms with Crippen molar-refractivity contribution in [1.29, 1.82) is 0 Å². The van der Waals surface area contributed by atoms with Gasteiger partial charge in [0.1, 0.15) is 47.7 Å². The number of ether oxygens (including phenoxy) is 6. The molecule has 1 aliphatic heterocycles. The number of methoxy groups -OCH3 is 1. The average molecular weight is 809 g/mol. The fourth-order valence-corrected chi connectivity index (χ4v) is 8.00. The topological polar surface area (TPSA) is 148 Å². The van der Waals surface area contributed by atoms with Gasteiger partial charge in [0.25, 0.3) is 0 Å². The third-order valence-corrected chi connectivity index (χ3v) is 11.1. The largest absolute Gasteiger partial charge is 0.496 e. The molecule has 12 heteroatoms. The summed E-state index contributed by atoms with van der Waals surface area (Å²) < 4.78 is 35.3. The lowest BCUT2D eigenvalue weighted by atomic mass is 10.0. The summed E-state index contributed by atoms with van der Waals surface area (Å²) in [4.78, 5) is 31.1. The molecule has 4 N–H and O–H groups in total. The van der Waals surface area contributed by atoms with Crippen molar-refractivity contribution < 1.29 is 38.0 Å². The molecule has 1 heterocycles. The summed E-state index contributed by atoms with van der Waals surface area (Å²) in [6.45, 7) is 18.7. The van der Waals surface area contributed by atoms with Gasteiger partial charge >= 0.3 is 0 Å². The van der Waals surface area contributed by atoms with Crippen LogP contribution in [0.2, 0.25) is 0 Å². The van der Waals surface area contributed by atoms with Crippen molar-refractivity contribution in [2.75, 3.05) is 90.9 Å². The van der Waals surface area contributed by atoms with E-state index in [9.17, 15) is 9.59 Å². The van der Waals surface area contributed by atoms with Crippen LogP contribution in [0.4, 0.5) is 11.4 Å². The number of hydrogen-bond donors (Lipinski definition) is 2. The van der Waals surface area contributed by atoms with Crippen molar-refractivity contribution in [2.24, 2.45) is 0 Å². The quantitative estimate of drug-likeness (QED) is 0.0601. The van der Waals surface area contributed by atoms with Gasteiger partial charge in [-0.15, -0.1) is 0 Å². The second-order valence-corrected chi connectivity index (χ2v) is 14.6. The van der Waals surface area contributed by atoms with Crippen LogP contribution < -0.4 is 39.9 Å². The first-order chi connectivity index (χ1) is 28.7. The van der Waals surface area contributed by atoms with Crippen LogP contribution in [-0.2, 0) is 0 Å². The molecule has 1 fully saturated rings. The van der Waals surface area contributed by atoms with Gasteiger partial charge < -0.3 is 44.8 Å². The maximum atomic E-state index is 13.3. The summed E-state index contributed by atoms with van der Waals surface area (Å²) in [5.74, 6) is 3.27. The van der Waals surface area contributed by atoms with E-state index >= 15 is 0 Å². The molecule has 316 valence electrons. The van der Waals surface area contributed by atoms with E-state index in [1.54, 1.807) is 13.2 Å². The van der Waals surface area contributed by atoms with Crippen LogP contribution in [0.25, 0.3) is 22.3 Å². The van der Waals surface area contributed by atoms with E-state index in [1.807, 2.05) is 56.3 Å². The van der Waals surface area contributed by atoms with E-state index in [2.05, 4.69) is 30.6 Å². The van der Waals surface area contributed by atoms with Gasteiger partial charge in [-0.3, -0.25) is 14.5 Å². The predicted molar refractivity (Wildman–Crippen MR) is 233 cm³/mol. The first-order valence-corrected chi connectivity index (χ1v) is 21.1. The zero-order chi connectivity index (χ0) is 42.1. The van der Waals surface area contributed by atoms with Crippen molar-refractivity contribution in [3.05, 3.63) is 70.8 Å². The molecule has 7 rings (SSSR count). The summed E-state index contributed by atoms with van der Waals surface area (Å²) in [6, 6.07) is 14.7. The molecule has 59 heavy (non-hydrogen) atoms. The Hall–Kier alpha value is -5.46. The fraction of sp³-hybridized carbons (Fsp3) is 0.447. The number of anilines is 2. The van der Waals surface area contributed by atoms with Crippen LogP contribution >= 0.6 is 0 Å². The van der Waals surface area contributed by atoms with Crippen molar-refractivity contribution in [2.45, 2.75) is 60.3 Å². The second-order valence-electron chi connectivity index (χ2n) is 14.6. The number of carbonyl (C=O) groups excluding carboxylic acids is 2. The van der Waals surface area contributed by atoms with Gasteiger partial charge in [-0.1, -0.05) is 51.5 Å². The summed E-state index contributed by atoms with van der Waals surface area (Å²) in [5.41, 5.74) is 18.4. The third-order valence-electron chi connectivity index (χ3n) is 11.1. The molecule has 0 amide bonds. The molecule has 0 atom stereocenters. The van der Waals surface area contributed by atoms with Gasteiger partial charge in [-0.05, 0) is 71.4 Å². The number of likely N-dealkylation sites (tertiary alicyclic amines) is 1. The number of nitrogens with two attached hydrogens (primary N) is 2. The molecule has 12 nitrogen and oxygen atoms in total. The Kier molecular flexibility index (Phi) is 14.6. The summed E-state index contributed by atoms with van der Waals surface area (Å²) >= 11 is 0. The minimum Gasteiger partial charge on any atom is -0.496 e. The monoisotopic (exact) mass is 808 g/mol. The van der Waals surface area contributed by atoms with Crippen LogP contribution in [0.3, 0.4) is 0 Å². The van der Waals surface area contributed by atoms with Gasteiger partial charge in [0.2, 0.25) is 0 Å². The molecule has 0 radical (unpaired) electrons. The van der Waals surface area contributed by atoms with Crippen molar-refractivity contribution in [3.8, 4) is 56.8 Å². The van der Waals surface area contributed by atoms with Crippen LogP contribution in [0.5, 0.6) is 34.5 Å². The van der Waals surface area contributed by atoms with Crippen molar-refractivity contribution >= 4 is 22.9 Å². The number of carbonyl (C=O) groups is 2. The lowest BCUT2D eigenvalue weighted by molar-refractivity contribution is 0.103. The molecule has 2 aliphatic carbocycles. The molecule has 0 unspecified atom stereocenters. The Morgan fingerprint density at radius 2 is 1.10 bits per heavy atom. The maximum Gasteiger partial charge on any atom is 0.196 e. The first-order valence-electron chi connectivity index (χ1n) is 21.1. The Bertz CT molecular complexity index is 2130. The Balaban J connectivity index is 0.000000199. The van der Waals surface area contributed by atoms with E-state index in [0.29, 0.717) is 107 Å². The summed E-state index contributed by atoms with van der Waals surface area (Å²) in [5, 5.41) is 0. The highest BCUT2D eigenvalue weighted by molar-refractivity contribution is 6.27. The maximum absolute atomic E-state index is 13.3. The molecule has 0 saturated carbocycles. The first kappa shape index (κ1) is 43.1. The van der Waals surface area contributed by atoms with Crippen LogP contribution in [0, 0.1) is 0 Å². The number of nitrogens with zero attached hydrogens (tertiary/aromatic N) is 2. The minimum atomic E-state index is -0.118. The van der Waals surface area contributed by atoms with Gasteiger partial charge in [0.15, 0.2) is 11.6 Å². The van der Waals surface area contributed by atoms with Gasteiger partial charge in [-0.2, -0.15) is 0 Å². The molecule has 0 spiro atoms. The van der Waals surface area contributed by atoms with Gasteiger partial charge in [-0.25, -0.2) is 0 Å². The molecule has 4 aromatic carbocycles. The molecular weight excluding hydrogens is 749 g/mol. The number of fused-ring (bicyclic) bond motifs is 6. The summed E-state index contributed by atoms with van der Waals surface area (Å²) in [7, 11) is 1.58. The van der Waals surface area contributed by atoms with Crippen molar-refractivity contribution in [1.82, 2.24) is 9.80 Å². The smallest absolute Gasteiger partial charge is 0.196 e. The van der Waals surface area contributed by atoms with Gasteiger partial charge in [0.05, 0.1) is 49.4 Å². The Labute approximate surface area is 348 Å². The van der Waals surface area contributed by atoms with E-state index < -0.39 is 0 Å². The lowest BCUT2D eigenvalue weighted by Gasteiger charge is -2.20. The normalized spacial score (nSPS) is 13.7. The zero-order valence-corrected chi connectivity index (χ0v) is 35.5. The van der Waals surface area contributed by atoms with Crippen LogP contribution in [0.1, 0.15) is 92.1 Å². The number of unbranched alkanes of at least 4 members (excludes halogenated alkanes) is 1. The zero-order valence-electron chi connectivity index (χ0n) is 35.5. The average Bonchev–Trinajstić information content (AvgIpc) is 3.96. The molecule has 3 aliphatic rings. The number of hydrogen-bond acceptors (Lipinski definition) is 12. The summed E-state index contributed by atoms with van der Waals surface area (Å²) in [6.07, 6.45) is 4.44. The number of likely N-dealkylation sites (N-methyl/N-ethyl adjacent to an activating group) is 1. The van der Waals surface area contributed by atoms with Gasteiger partial charge in [0, 0.05) is 58.6 Å². The Morgan fingerprint density at radius 1 is 0.593 bits per heavy atom. The minimum absolute atomic E-state index is 0.112. The number of nitrogen functional groups attached to an aromatic ring is 2. The van der Waals surface area contributed by atoms with Crippen molar-refractivity contribution in [3.63, 3.8) is 0 Å². The number of rotatable bonds is 19. The number of ketones is 2. The van der Waals surface area contributed by atoms with E-state index in [-0.39, 0.29) is 11.6 Å². The highest BCUT2D eigenvalue weighted by Gasteiger charge is 2.37. The van der Waals surface area contributed by atoms with Crippen LogP contribution in [-0.4, -0.2) is 101 Å². The number of benzene rings is 4. The highest BCUT2D eigenvalue weighted by atomic mass is 16.5. The molecular formula is C47H60N4O8. The SMILES string of the molecule is CCCCOc1cc(OCC)c(N)c2c1-c1c(OCCN(CC)CC)cccc1C2=O.CCOc1cc(OC)c2c(c1N)C(=O)c1cccc(OCCN3CCCC3)c1-2. The van der Waals surface area contributed by atoms with E-state index in [1.165, 1.54) is 12.8 Å². The Morgan fingerprint density at radius 3 is 1.61 bits per heavy atom. The standard InChI is InChI=1S/C25H34N2O4.C22H26N2O4/c1-5-9-14-30-19-16-20(29-8-4)24(26)23-22(19)21-17(25(23)28)11-10-12-18(21)31-15-13-27(6-2)7-3;1-3-27-17-13-16(26-2)19-18-14(22(25)20(19)21(17)23)7-6-8-15(18)28-12-11-24-9-4-5-10-24/h10-12,16H,5-9,13-15,26H2,1-4H3;6-8,13H,3-5,9-12,23H2,1-2H3.